The normalized spacial score (nSPS) is 10.3. The first kappa shape index (κ1) is 15.1. The molecule has 4 heteroatoms. The fourth-order valence-corrected chi connectivity index (χ4v) is 2.00. The van der Waals surface area contributed by atoms with Crippen LogP contribution in [0.4, 0.5) is 0 Å². The summed E-state index contributed by atoms with van der Waals surface area (Å²) in [6, 6.07) is 17.3. The van der Waals surface area contributed by atoms with E-state index >= 15 is 0 Å². The smallest absolute Gasteiger partial charge is 0.252 e. The summed E-state index contributed by atoms with van der Waals surface area (Å²) in [4.78, 5) is 11.2. The molecule has 0 unspecified atom stereocenters. The second-order valence-electron chi connectivity index (χ2n) is 4.72. The molecule has 0 fully saturated rings. The maximum Gasteiger partial charge on any atom is 0.252 e. The number of hydrogen-bond donors (Lipinski definition) is 2. The number of para-hydroxylation sites is 1. The second kappa shape index (κ2) is 8.07. The molecule has 2 rings (SSSR count). The summed E-state index contributed by atoms with van der Waals surface area (Å²) >= 11 is 0. The van der Waals surface area contributed by atoms with Gasteiger partial charge in [0.25, 0.3) is 5.91 Å². The molecule has 21 heavy (non-hydrogen) atoms. The number of rotatable bonds is 8. The average Bonchev–Trinajstić information content (AvgIpc) is 2.52. The minimum Gasteiger partial charge on any atom is -0.493 e. The third-order valence-electron chi connectivity index (χ3n) is 3.08. The number of carbonyl (C=O) groups is 1. The number of nitrogens with one attached hydrogen (secondary N) is 1. The predicted octanol–water partition coefficient (Wildman–Crippen LogP) is 2.34. The lowest BCUT2D eigenvalue weighted by Crippen LogP contribution is -2.18. The molecule has 0 bridgehead atoms. The van der Waals surface area contributed by atoms with Gasteiger partial charge < -0.3 is 15.8 Å². The summed E-state index contributed by atoms with van der Waals surface area (Å²) in [5.41, 5.74) is 6.99. The van der Waals surface area contributed by atoms with E-state index in [1.807, 2.05) is 24.3 Å². The van der Waals surface area contributed by atoms with Crippen LogP contribution in [0.5, 0.6) is 5.75 Å². The molecule has 0 saturated carbocycles. The van der Waals surface area contributed by atoms with Crippen molar-refractivity contribution in [2.75, 3.05) is 13.2 Å². The van der Waals surface area contributed by atoms with Crippen LogP contribution in [0.1, 0.15) is 22.3 Å². The lowest BCUT2D eigenvalue weighted by molar-refractivity contribution is 0.0996. The summed E-state index contributed by atoms with van der Waals surface area (Å²) in [6.07, 6.45) is 0.861. The fourth-order valence-electron chi connectivity index (χ4n) is 2.00. The zero-order chi connectivity index (χ0) is 14.9. The summed E-state index contributed by atoms with van der Waals surface area (Å²) in [6.45, 7) is 2.25. The standard InChI is InChI=1S/C17H20N2O2/c18-17(20)15-9-4-5-10-16(15)21-12-6-11-19-13-14-7-2-1-3-8-14/h1-5,7-10,19H,6,11-13H2,(H2,18,20). The summed E-state index contributed by atoms with van der Waals surface area (Å²) < 4.78 is 5.61. The highest BCUT2D eigenvalue weighted by molar-refractivity contribution is 5.95. The summed E-state index contributed by atoms with van der Waals surface area (Å²) in [7, 11) is 0. The van der Waals surface area contributed by atoms with Gasteiger partial charge in [-0.3, -0.25) is 4.79 Å². The SMILES string of the molecule is NC(=O)c1ccccc1OCCCNCc1ccccc1. The maximum absolute atomic E-state index is 11.2. The number of ether oxygens (including phenoxy) is 1. The third-order valence-corrected chi connectivity index (χ3v) is 3.08. The van der Waals surface area contributed by atoms with Crippen molar-refractivity contribution in [2.24, 2.45) is 5.73 Å². The minimum absolute atomic E-state index is 0.426. The predicted molar refractivity (Wildman–Crippen MR) is 83.2 cm³/mol. The molecule has 0 aliphatic rings. The van der Waals surface area contributed by atoms with Crippen LogP contribution in [-0.4, -0.2) is 19.1 Å². The Hall–Kier alpha value is -2.33. The molecule has 0 atom stereocenters. The second-order valence-corrected chi connectivity index (χ2v) is 4.72. The van der Waals surface area contributed by atoms with Crippen molar-refractivity contribution >= 4 is 5.91 Å². The zero-order valence-electron chi connectivity index (χ0n) is 11.9. The summed E-state index contributed by atoms with van der Waals surface area (Å²) in [5, 5.41) is 3.35. The van der Waals surface area contributed by atoms with Gasteiger partial charge in [0, 0.05) is 6.54 Å². The van der Waals surface area contributed by atoms with Gasteiger partial charge in [0.05, 0.1) is 12.2 Å². The molecule has 0 aliphatic carbocycles. The molecular formula is C17H20N2O2. The maximum atomic E-state index is 11.2. The highest BCUT2D eigenvalue weighted by Gasteiger charge is 2.07. The van der Waals surface area contributed by atoms with Crippen LogP contribution in [-0.2, 0) is 6.54 Å². The van der Waals surface area contributed by atoms with Crippen LogP contribution >= 0.6 is 0 Å². The Morgan fingerprint density at radius 3 is 2.52 bits per heavy atom. The van der Waals surface area contributed by atoms with Gasteiger partial charge in [-0.1, -0.05) is 42.5 Å². The zero-order valence-corrected chi connectivity index (χ0v) is 11.9. The number of nitrogens with two attached hydrogens (primary N) is 1. The van der Waals surface area contributed by atoms with Crippen molar-refractivity contribution in [3.63, 3.8) is 0 Å². The molecule has 1 amide bonds. The van der Waals surface area contributed by atoms with Crippen LogP contribution in [0.2, 0.25) is 0 Å². The number of benzene rings is 2. The Kier molecular flexibility index (Phi) is 5.79. The molecule has 110 valence electrons. The van der Waals surface area contributed by atoms with Gasteiger partial charge in [-0.05, 0) is 30.7 Å². The Balaban J connectivity index is 1.67. The number of hydrogen-bond acceptors (Lipinski definition) is 3. The molecule has 2 aromatic carbocycles. The average molecular weight is 284 g/mol. The first-order valence-corrected chi connectivity index (χ1v) is 7.03. The van der Waals surface area contributed by atoms with E-state index in [1.165, 1.54) is 5.56 Å². The first-order valence-electron chi connectivity index (χ1n) is 7.03. The van der Waals surface area contributed by atoms with Crippen LogP contribution in [0.25, 0.3) is 0 Å². The monoisotopic (exact) mass is 284 g/mol. The Labute approximate surface area is 124 Å². The van der Waals surface area contributed by atoms with E-state index in [-0.39, 0.29) is 0 Å². The van der Waals surface area contributed by atoms with Crippen LogP contribution in [0.3, 0.4) is 0 Å². The van der Waals surface area contributed by atoms with E-state index in [1.54, 1.807) is 18.2 Å². The molecule has 0 heterocycles. The van der Waals surface area contributed by atoms with E-state index in [4.69, 9.17) is 10.5 Å². The highest BCUT2D eigenvalue weighted by atomic mass is 16.5. The van der Waals surface area contributed by atoms with Crippen LogP contribution in [0, 0.1) is 0 Å². The molecular weight excluding hydrogens is 264 g/mol. The van der Waals surface area contributed by atoms with Crippen molar-refractivity contribution in [2.45, 2.75) is 13.0 Å². The van der Waals surface area contributed by atoms with Crippen molar-refractivity contribution in [3.8, 4) is 5.75 Å². The molecule has 0 saturated heterocycles. The molecule has 0 aliphatic heterocycles. The van der Waals surface area contributed by atoms with Gasteiger partial charge in [0.1, 0.15) is 5.75 Å². The Morgan fingerprint density at radius 2 is 1.76 bits per heavy atom. The van der Waals surface area contributed by atoms with Crippen molar-refractivity contribution in [3.05, 3.63) is 65.7 Å². The van der Waals surface area contributed by atoms with Gasteiger partial charge in [0.15, 0.2) is 0 Å². The third kappa shape index (κ3) is 4.93. The number of primary amides is 1. The topological polar surface area (TPSA) is 64.4 Å². The lowest BCUT2D eigenvalue weighted by Gasteiger charge is -2.09. The lowest BCUT2D eigenvalue weighted by atomic mass is 10.2. The van der Waals surface area contributed by atoms with Gasteiger partial charge in [0.2, 0.25) is 0 Å². The highest BCUT2D eigenvalue weighted by Crippen LogP contribution is 2.17. The van der Waals surface area contributed by atoms with Gasteiger partial charge in [-0.2, -0.15) is 0 Å². The Morgan fingerprint density at radius 1 is 1.05 bits per heavy atom. The van der Waals surface area contributed by atoms with Gasteiger partial charge in [-0.15, -0.1) is 0 Å². The molecule has 3 N–H and O–H groups in total. The van der Waals surface area contributed by atoms with E-state index in [9.17, 15) is 4.79 Å². The van der Waals surface area contributed by atoms with E-state index in [0.717, 1.165) is 19.5 Å². The van der Waals surface area contributed by atoms with Crippen molar-refractivity contribution in [1.29, 1.82) is 0 Å². The number of amides is 1. The summed E-state index contributed by atoms with van der Waals surface area (Å²) in [5.74, 6) is 0.0841. The fraction of sp³-hybridized carbons (Fsp3) is 0.235. The minimum atomic E-state index is -0.465. The first-order chi connectivity index (χ1) is 10.3. The quantitative estimate of drug-likeness (QED) is 0.731. The van der Waals surface area contributed by atoms with E-state index in [0.29, 0.717) is 17.9 Å². The molecule has 0 radical (unpaired) electrons. The largest absolute Gasteiger partial charge is 0.493 e. The molecule has 0 spiro atoms. The van der Waals surface area contributed by atoms with E-state index in [2.05, 4.69) is 17.4 Å². The molecule has 4 nitrogen and oxygen atoms in total. The van der Waals surface area contributed by atoms with Crippen molar-refractivity contribution < 1.29 is 9.53 Å². The molecule has 0 aromatic heterocycles. The van der Waals surface area contributed by atoms with Crippen LogP contribution < -0.4 is 15.8 Å². The van der Waals surface area contributed by atoms with Crippen LogP contribution in [0.15, 0.2) is 54.6 Å². The van der Waals surface area contributed by atoms with Gasteiger partial charge >= 0.3 is 0 Å². The number of carbonyl (C=O) groups excluding carboxylic acids is 1. The van der Waals surface area contributed by atoms with E-state index < -0.39 is 5.91 Å². The Bertz CT molecular complexity index is 570. The van der Waals surface area contributed by atoms with Crippen molar-refractivity contribution in [1.82, 2.24) is 5.32 Å². The molecule has 2 aromatic rings. The van der Waals surface area contributed by atoms with Gasteiger partial charge in [-0.25, -0.2) is 0 Å².